The second-order valence-electron chi connectivity index (χ2n) is 6.70. The third-order valence-electron chi connectivity index (χ3n) is 5.13. The summed E-state index contributed by atoms with van der Waals surface area (Å²) in [4.78, 5) is 27.4. The van der Waals surface area contributed by atoms with Crippen LogP contribution in [0.15, 0.2) is 0 Å². The number of amides is 2. The lowest BCUT2D eigenvalue weighted by Crippen LogP contribution is -2.48. The molecule has 2 amide bonds. The first-order valence-electron chi connectivity index (χ1n) is 8.15. The maximum absolute atomic E-state index is 12.4. The minimum Gasteiger partial charge on any atom is -0.389 e. The molecule has 0 aromatic carbocycles. The van der Waals surface area contributed by atoms with Crippen LogP contribution in [0.25, 0.3) is 0 Å². The lowest BCUT2D eigenvalue weighted by atomic mass is 9.82. The number of likely N-dealkylation sites (tertiary alicyclic amines) is 1. The zero-order valence-electron chi connectivity index (χ0n) is 13.3. The molecule has 1 saturated heterocycles. The largest absolute Gasteiger partial charge is 0.389 e. The molecular formula is C16H28N2O3. The van der Waals surface area contributed by atoms with E-state index in [1.165, 1.54) is 6.42 Å². The molecule has 0 aromatic heterocycles. The highest BCUT2D eigenvalue weighted by molar-refractivity contribution is 5.77. The van der Waals surface area contributed by atoms with Crippen molar-refractivity contribution in [1.29, 1.82) is 0 Å². The Hall–Kier alpha value is -1.10. The normalized spacial score (nSPS) is 22.9. The molecule has 0 bridgehead atoms. The van der Waals surface area contributed by atoms with Crippen LogP contribution in [0.1, 0.15) is 58.3 Å². The van der Waals surface area contributed by atoms with Crippen molar-refractivity contribution < 1.29 is 14.7 Å². The van der Waals surface area contributed by atoms with Crippen molar-refractivity contribution in [2.75, 3.05) is 20.1 Å². The van der Waals surface area contributed by atoms with Gasteiger partial charge in [-0.25, -0.2) is 0 Å². The van der Waals surface area contributed by atoms with E-state index in [-0.39, 0.29) is 24.3 Å². The third kappa shape index (κ3) is 4.19. The number of aliphatic hydroxyl groups is 1. The van der Waals surface area contributed by atoms with E-state index in [9.17, 15) is 14.7 Å². The third-order valence-corrected chi connectivity index (χ3v) is 5.13. The summed E-state index contributed by atoms with van der Waals surface area (Å²) in [6.07, 6.45) is 6.65. The Kier molecular flexibility index (Phi) is 5.25. The molecule has 0 atom stereocenters. The van der Waals surface area contributed by atoms with Crippen LogP contribution in [0.2, 0.25) is 0 Å². The second-order valence-corrected chi connectivity index (χ2v) is 6.70. The Morgan fingerprint density at radius 1 is 1.19 bits per heavy atom. The van der Waals surface area contributed by atoms with Crippen molar-refractivity contribution >= 4 is 11.8 Å². The van der Waals surface area contributed by atoms with Gasteiger partial charge in [0.05, 0.1) is 12.0 Å². The number of rotatable bonds is 3. The zero-order chi connectivity index (χ0) is 15.5. The summed E-state index contributed by atoms with van der Waals surface area (Å²) in [5.74, 6) is 0.152. The monoisotopic (exact) mass is 296 g/mol. The highest BCUT2D eigenvalue weighted by atomic mass is 16.3. The van der Waals surface area contributed by atoms with Crippen LogP contribution in [-0.4, -0.2) is 58.5 Å². The van der Waals surface area contributed by atoms with Gasteiger partial charge in [-0.3, -0.25) is 9.59 Å². The summed E-state index contributed by atoms with van der Waals surface area (Å²) in [7, 11) is 1.83. The Morgan fingerprint density at radius 2 is 1.76 bits per heavy atom. The van der Waals surface area contributed by atoms with Gasteiger partial charge in [0, 0.05) is 33.1 Å². The van der Waals surface area contributed by atoms with E-state index in [2.05, 4.69) is 0 Å². The summed E-state index contributed by atoms with van der Waals surface area (Å²) in [6, 6.07) is 0.240. The van der Waals surface area contributed by atoms with E-state index in [1.807, 2.05) is 11.9 Å². The number of piperidine rings is 1. The molecule has 0 spiro atoms. The molecule has 1 aliphatic carbocycles. The molecule has 2 rings (SSSR count). The molecular weight excluding hydrogens is 268 g/mol. The average molecular weight is 296 g/mol. The van der Waals surface area contributed by atoms with E-state index < -0.39 is 5.60 Å². The molecule has 5 nitrogen and oxygen atoms in total. The van der Waals surface area contributed by atoms with E-state index >= 15 is 0 Å². The van der Waals surface area contributed by atoms with Gasteiger partial charge < -0.3 is 14.9 Å². The van der Waals surface area contributed by atoms with Gasteiger partial charge in [-0.15, -0.1) is 0 Å². The molecule has 2 fully saturated rings. The number of nitrogens with zero attached hydrogens (tertiary/aromatic N) is 2. The SMILES string of the molecule is CC(=O)N(C)C1CCN(C(=O)CC2(O)CCCCC2)CC1. The first-order valence-corrected chi connectivity index (χ1v) is 8.15. The number of carbonyl (C=O) groups excluding carboxylic acids is 2. The highest BCUT2D eigenvalue weighted by Gasteiger charge is 2.34. The maximum atomic E-state index is 12.4. The van der Waals surface area contributed by atoms with Crippen molar-refractivity contribution in [3.8, 4) is 0 Å². The van der Waals surface area contributed by atoms with Crippen molar-refractivity contribution in [2.45, 2.75) is 69.9 Å². The summed E-state index contributed by atoms with van der Waals surface area (Å²) in [5.41, 5.74) is -0.775. The van der Waals surface area contributed by atoms with Crippen LogP contribution in [0, 0.1) is 0 Å². The van der Waals surface area contributed by atoms with Gasteiger partial charge in [0.25, 0.3) is 0 Å². The van der Waals surface area contributed by atoms with Crippen LogP contribution in [0.4, 0.5) is 0 Å². The van der Waals surface area contributed by atoms with E-state index in [0.717, 1.165) is 38.5 Å². The summed E-state index contributed by atoms with van der Waals surface area (Å²) >= 11 is 0. The topological polar surface area (TPSA) is 60.9 Å². The van der Waals surface area contributed by atoms with Gasteiger partial charge in [0.2, 0.25) is 11.8 Å². The molecule has 0 radical (unpaired) electrons. The number of hydrogen-bond acceptors (Lipinski definition) is 3. The van der Waals surface area contributed by atoms with E-state index in [1.54, 1.807) is 11.8 Å². The minimum atomic E-state index is -0.775. The fourth-order valence-electron chi connectivity index (χ4n) is 3.54. The molecule has 1 N–H and O–H groups in total. The van der Waals surface area contributed by atoms with Crippen LogP contribution >= 0.6 is 0 Å². The predicted molar refractivity (Wildman–Crippen MR) is 80.7 cm³/mol. The predicted octanol–water partition coefficient (Wildman–Crippen LogP) is 1.54. The quantitative estimate of drug-likeness (QED) is 0.859. The van der Waals surface area contributed by atoms with E-state index in [4.69, 9.17) is 0 Å². The molecule has 1 aliphatic heterocycles. The van der Waals surface area contributed by atoms with Gasteiger partial charge in [-0.05, 0) is 25.7 Å². The lowest BCUT2D eigenvalue weighted by molar-refractivity contribution is -0.140. The molecule has 0 unspecified atom stereocenters. The first-order chi connectivity index (χ1) is 9.91. The van der Waals surface area contributed by atoms with Crippen LogP contribution in [0.5, 0.6) is 0 Å². The molecule has 0 aromatic rings. The number of hydrogen-bond donors (Lipinski definition) is 1. The molecule has 5 heteroatoms. The molecule has 2 aliphatic rings. The first kappa shape index (κ1) is 16.3. The fourth-order valence-corrected chi connectivity index (χ4v) is 3.54. The van der Waals surface area contributed by atoms with Crippen molar-refractivity contribution in [3.63, 3.8) is 0 Å². The fraction of sp³-hybridized carbons (Fsp3) is 0.875. The van der Waals surface area contributed by atoms with Crippen molar-refractivity contribution in [1.82, 2.24) is 9.80 Å². The molecule has 120 valence electrons. The Morgan fingerprint density at radius 3 is 2.29 bits per heavy atom. The summed E-state index contributed by atoms with van der Waals surface area (Å²) in [5, 5.41) is 10.5. The summed E-state index contributed by atoms with van der Waals surface area (Å²) in [6.45, 7) is 2.96. The summed E-state index contributed by atoms with van der Waals surface area (Å²) < 4.78 is 0. The van der Waals surface area contributed by atoms with Crippen LogP contribution in [-0.2, 0) is 9.59 Å². The van der Waals surface area contributed by atoms with Gasteiger partial charge >= 0.3 is 0 Å². The Balaban J connectivity index is 1.81. The van der Waals surface area contributed by atoms with Crippen LogP contribution < -0.4 is 0 Å². The standard InChI is InChI=1S/C16H28N2O3/c1-13(19)17(2)14-6-10-18(11-7-14)15(20)12-16(21)8-4-3-5-9-16/h14,21H,3-12H2,1-2H3. The molecule has 21 heavy (non-hydrogen) atoms. The van der Waals surface area contributed by atoms with Gasteiger partial charge in [-0.2, -0.15) is 0 Å². The van der Waals surface area contributed by atoms with Gasteiger partial charge in [-0.1, -0.05) is 19.3 Å². The van der Waals surface area contributed by atoms with Crippen molar-refractivity contribution in [2.24, 2.45) is 0 Å². The maximum Gasteiger partial charge on any atom is 0.225 e. The average Bonchev–Trinajstić information content (AvgIpc) is 2.46. The second kappa shape index (κ2) is 6.77. The zero-order valence-corrected chi connectivity index (χ0v) is 13.3. The Labute approximate surface area is 127 Å². The van der Waals surface area contributed by atoms with Crippen LogP contribution in [0.3, 0.4) is 0 Å². The molecule has 1 saturated carbocycles. The van der Waals surface area contributed by atoms with Crippen molar-refractivity contribution in [3.05, 3.63) is 0 Å². The Bertz CT molecular complexity index is 383. The number of carbonyl (C=O) groups is 2. The molecule has 1 heterocycles. The highest BCUT2D eigenvalue weighted by Crippen LogP contribution is 2.31. The van der Waals surface area contributed by atoms with Gasteiger partial charge in [0.1, 0.15) is 0 Å². The van der Waals surface area contributed by atoms with Gasteiger partial charge in [0.15, 0.2) is 0 Å². The lowest BCUT2D eigenvalue weighted by Gasteiger charge is -2.38. The smallest absolute Gasteiger partial charge is 0.225 e. The van der Waals surface area contributed by atoms with E-state index in [0.29, 0.717) is 13.1 Å². The minimum absolute atomic E-state index is 0.0725.